The number of thiazole rings is 1. The van der Waals surface area contributed by atoms with Gasteiger partial charge in [0.1, 0.15) is 12.4 Å². The summed E-state index contributed by atoms with van der Waals surface area (Å²) in [5, 5.41) is 6.80. The molecule has 4 nitrogen and oxygen atoms in total. The molecule has 0 aliphatic heterocycles. The number of hydrazone groups is 1. The molecular weight excluding hydrogens is 344 g/mol. The van der Waals surface area contributed by atoms with Crippen LogP contribution in [-0.4, -0.2) is 11.2 Å². The lowest BCUT2D eigenvalue weighted by atomic mass is 10.1. The van der Waals surface area contributed by atoms with Crippen LogP contribution in [0.2, 0.25) is 0 Å². The highest BCUT2D eigenvalue weighted by Crippen LogP contribution is 2.19. The molecule has 3 rings (SSSR count). The third kappa shape index (κ3) is 4.84. The highest BCUT2D eigenvalue weighted by atomic mass is 32.1. The van der Waals surface area contributed by atoms with Crippen LogP contribution < -0.4 is 10.2 Å². The van der Waals surface area contributed by atoms with Gasteiger partial charge in [-0.15, -0.1) is 11.3 Å². The van der Waals surface area contributed by atoms with Gasteiger partial charge in [-0.25, -0.2) is 13.8 Å². The number of anilines is 1. The molecule has 0 amide bonds. The fourth-order valence-electron chi connectivity index (χ4n) is 2.02. The highest BCUT2D eigenvalue weighted by Gasteiger charge is 2.05. The monoisotopic (exact) mass is 359 g/mol. The fourth-order valence-corrected chi connectivity index (χ4v) is 2.66. The molecule has 3 aromatic rings. The quantitative estimate of drug-likeness (QED) is 0.510. The van der Waals surface area contributed by atoms with E-state index >= 15 is 0 Å². The minimum atomic E-state index is -0.716. The fraction of sp³-hybridized carbons (Fsp3) is 0.111. The Hall–Kier alpha value is -2.80. The van der Waals surface area contributed by atoms with Crippen molar-refractivity contribution < 1.29 is 13.5 Å². The summed E-state index contributed by atoms with van der Waals surface area (Å²) in [5.41, 5.74) is 5.58. The molecule has 128 valence electrons. The molecule has 1 heterocycles. The summed E-state index contributed by atoms with van der Waals surface area (Å²) in [5.74, 6) is -1.32. The summed E-state index contributed by atoms with van der Waals surface area (Å²) in [6.45, 7) is 2.11. The van der Waals surface area contributed by atoms with Gasteiger partial charge in [-0.3, -0.25) is 5.43 Å². The van der Waals surface area contributed by atoms with Crippen molar-refractivity contribution in [2.75, 3.05) is 5.43 Å². The average Bonchev–Trinajstić information content (AvgIpc) is 3.01. The molecule has 0 aliphatic rings. The maximum atomic E-state index is 13.5. The number of aryl methyl sites for hydroxylation is 1. The van der Waals surface area contributed by atoms with Crippen LogP contribution >= 0.6 is 11.3 Å². The maximum Gasteiger partial charge on any atom is 0.203 e. The maximum absolute atomic E-state index is 13.5. The molecule has 0 saturated carbocycles. The molecule has 0 bridgehead atoms. The number of halogens is 2. The minimum absolute atomic E-state index is 0.0231. The Morgan fingerprint density at radius 1 is 1.20 bits per heavy atom. The third-order valence-corrected chi connectivity index (χ3v) is 4.13. The molecule has 7 heteroatoms. The standard InChI is InChI=1S/C18H15F2N3OS/c1-12-11-25-18(22-12)23-21-9-13-2-4-14(5-3-13)10-24-17-7-6-15(19)8-16(17)20/h2-9,11H,10H2,1H3,(H,22,23). The largest absolute Gasteiger partial charge is 0.486 e. The molecule has 1 aromatic heterocycles. The van der Waals surface area contributed by atoms with Gasteiger partial charge < -0.3 is 4.74 Å². The number of nitrogens with one attached hydrogen (secondary N) is 1. The number of hydrogen-bond donors (Lipinski definition) is 1. The van der Waals surface area contributed by atoms with E-state index < -0.39 is 11.6 Å². The van der Waals surface area contributed by atoms with Gasteiger partial charge in [-0.05, 0) is 30.2 Å². The summed E-state index contributed by atoms with van der Waals surface area (Å²) in [6, 6.07) is 10.7. The predicted octanol–water partition coefficient (Wildman–Crippen LogP) is 4.75. The van der Waals surface area contributed by atoms with E-state index in [4.69, 9.17) is 4.74 Å². The molecule has 1 N–H and O–H groups in total. The first-order valence-corrected chi connectivity index (χ1v) is 8.36. The molecule has 0 unspecified atom stereocenters. The summed E-state index contributed by atoms with van der Waals surface area (Å²) >= 11 is 1.49. The topological polar surface area (TPSA) is 46.5 Å². The van der Waals surface area contributed by atoms with Crippen LogP contribution in [0.3, 0.4) is 0 Å². The van der Waals surface area contributed by atoms with Crippen molar-refractivity contribution in [2.24, 2.45) is 5.10 Å². The molecule has 0 spiro atoms. The Bertz CT molecular complexity index is 878. The van der Waals surface area contributed by atoms with E-state index in [0.717, 1.165) is 34.1 Å². The number of aromatic nitrogens is 1. The molecule has 0 atom stereocenters. The number of nitrogens with zero attached hydrogens (tertiary/aromatic N) is 2. The highest BCUT2D eigenvalue weighted by molar-refractivity contribution is 7.13. The van der Waals surface area contributed by atoms with Gasteiger partial charge >= 0.3 is 0 Å². The first kappa shape index (κ1) is 17.0. The zero-order valence-corrected chi connectivity index (χ0v) is 14.2. The van der Waals surface area contributed by atoms with Gasteiger partial charge in [-0.2, -0.15) is 5.10 Å². The Morgan fingerprint density at radius 3 is 2.68 bits per heavy atom. The second-order valence-electron chi connectivity index (χ2n) is 5.27. The van der Waals surface area contributed by atoms with Crippen LogP contribution in [0.15, 0.2) is 52.9 Å². The zero-order chi connectivity index (χ0) is 17.6. The Labute approximate surface area is 147 Å². The number of hydrogen-bond acceptors (Lipinski definition) is 5. The summed E-state index contributed by atoms with van der Waals surface area (Å²) in [7, 11) is 0. The van der Waals surface area contributed by atoms with Crippen molar-refractivity contribution in [3.63, 3.8) is 0 Å². The molecule has 0 saturated heterocycles. The van der Waals surface area contributed by atoms with Crippen LogP contribution in [0.5, 0.6) is 5.75 Å². The van der Waals surface area contributed by atoms with E-state index in [1.807, 2.05) is 36.6 Å². The van der Waals surface area contributed by atoms with Crippen molar-refractivity contribution in [1.82, 2.24) is 4.98 Å². The number of ether oxygens (including phenoxy) is 1. The second-order valence-corrected chi connectivity index (χ2v) is 6.13. The Balaban J connectivity index is 1.54. The lowest BCUT2D eigenvalue weighted by Crippen LogP contribution is -1.98. The van der Waals surface area contributed by atoms with Crippen LogP contribution in [0.1, 0.15) is 16.8 Å². The van der Waals surface area contributed by atoms with E-state index in [1.165, 1.54) is 17.4 Å². The molecule has 0 fully saturated rings. The van der Waals surface area contributed by atoms with Crippen molar-refractivity contribution in [3.05, 3.63) is 76.3 Å². The van der Waals surface area contributed by atoms with Crippen LogP contribution in [0.4, 0.5) is 13.9 Å². The average molecular weight is 359 g/mol. The van der Waals surface area contributed by atoms with Gasteiger partial charge in [-0.1, -0.05) is 24.3 Å². The minimum Gasteiger partial charge on any atom is -0.486 e. The Kier molecular flexibility index (Phi) is 5.35. The van der Waals surface area contributed by atoms with Gasteiger partial charge in [0.25, 0.3) is 0 Å². The van der Waals surface area contributed by atoms with Gasteiger partial charge in [0.2, 0.25) is 5.13 Å². The molecular formula is C18H15F2N3OS. The van der Waals surface area contributed by atoms with Crippen molar-refractivity contribution in [3.8, 4) is 5.75 Å². The SMILES string of the molecule is Cc1csc(NN=Cc2ccc(COc3ccc(F)cc3F)cc2)n1. The summed E-state index contributed by atoms with van der Waals surface area (Å²) in [6.07, 6.45) is 1.68. The normalized spacial score (nSPS) is 11.0. The summed E-state index contributed by atoms with van der Waals surface area (Å²) < 4.78 is 31.7. The van der Waals surface area contributed by atoms with Crippen molar-refractivity contribution in [1.29, 1.82) is 0 Å². The molecule has 0 aliphatic carbocycles. The number of benzene rings is 2. The predicted molar refractivity (Wildman–Crippen MR) is 95.2 cm³/mol. The molecule has 2 aromatic carbocycles. The van der Waals surface area contributed by atoms with Crippen LogP contribution in [-0.2, 0) is 6.61 Å². The smallest absolute Gasteiger partial charge is 0.203 e. The molecule has 25 heavy (non-hydrogen) atoms. The van der Waals surface area contributed by atoms with Crippen LogP contribution in [0, 0.1) is 18.6 Å². The van der Waals surface area contributed by atoms with Crippen molar-refractivity contribution >= 4 is 22.7 Å². The lowest BCUT2D eigenvalue weighted by Gasteiger charge is -2.07. The first-order chi connectivity index (χ1) is 12.1. The van der Waals surface area contributed by atoms with E-state index in [0.29, 0.717) is 0 Å². The van der Waals surface area contributed by atoms with Gasteiger partial charge in [0.15, 0.2) is 11.6 Å². The molecule has 0 radical (unpaired) electrons. The summed E-state index contributed by atoms with van der Waals surface area (Å²) in [4.78, 5) is 4.24. The lowest BCUT2D eigenvalue weighted by molar-refractivity contribution is 0.289. The van der Waals surface area contributed by atoms with E-state index in [-0.39, 0.29) is 12.4 Å². The second kappa shape index (κ2) is 7.85. The van der Waals surface area contributed by atoms with E-state index in [2.05, 4.69) is 15.5 Å². The first-order valence-electron chi connectivity index (χ1n) is 7.48. The van der Waals surface area contributed by atoms with E-state index in [1.54, 1.807) is 6.21 Å². The van der Waals surface area contributed by atoms with Crippen LogP contribution in [0.25, 0.3) is 0 Å². The van der Waals surface area contributed by atoms with Gasteiger partial charge in [0, 0.05) is 11.4 Å². The van der Waals surface area contributed by atoms with E-state index in [9.17, 15) is 8.78 Å². The van der Waals surface area contributed by atoms with Crippen molar-refractivity contribution in [2.45, 2.75) is 13.5 Å². The zero-order valence-electron chi connectivity index (χ0n) is 13.4. The third-order valence-electron chi connectivity index (χ3n) is 3.26. The number of rotatable bonds is 6. The van der Waals surface area contributed by atoms with Gasteiger partial charge in [0.05, 0.1) is 11.9 Å². The Morgan fingerprint density at radius 2 is 2.00 bits per heavy atom.